The van der Waals surface area contributed by atoms with Crippen molar-refractivity contribution in [2.24, 2.45) is 7.05 Å². The Balaban J connectivity index is 1.92. The van der Waals surface area contributed by atoms with E-state index in [9.17, 15) is 9.59 Å². The molecule has 0 fully saturated rings. The van der Waals surface area contributed by atoms with E-state index in [4.69, 9.17) is 4.74 Å². The Labute approximate surface area is 145 Å². The lowest BCUT2D eigenvalue weighted by Crippen LogP contribution is -2.34. The minimum absolute atomic E-state index is 0.0715. The van der Waals surface area contributed by atoms with Crippen LogP contribution in [0.25, 0.3) is 10.9 Å². The molecule has 0 radical (unpaired) electrons. The Kier molecular flexibility index (Phi) is 3.57. The average Bonchev–Trinajstić information content (AvgIpc) is 3.11. The van der Waals surface area contributed by atoms with Crippen LogP contribution in [0.2, 0.25) is 0 Å². The summed E-state index contributed by atoms with van der Waals surface area (Å²) in [6.07, 6.45) is 2.04. The maximum atomic E-state index is 12.9. The summed E-state index contributed by atoms with van der Waals surface area (Å²) in [6.45, 7) is -0.0715. The lowest BCUT2D eigenvalue weighted by atomic mass is 9.97. The smallest absolute Gasteiger partial charge is 0.325 e. The van der Waals surface area contributed by atoms with Crippen molar-refractivity contribution in [3.63, 3.8) is 0 Å². The highest BCUT2D eigenvalue weighted by atomic mass is 16.5. The summed E-state index contributed by atoms with van der Waals surface area (Å²) >= 11 is 0. The third-order valence-corrected chi connectivity index (χ3v) is 4.81. The van der Waals surface area contributed by atoms with Crippen molar-refractivity contribution in [3.05, 3.63) is 71.4 Å². The molecule has 1 atom stereocenters. The van der Waals surface area contributed by atoms with Gasteiger partial charge in [-0.2, -0.15) is 0 Å². The van der Waals surface area contributed by atoms with Crippen molar-refractivity contribution in [3.8, 4) is 0 Å². The van der Waals surface area contributed by atoms with E-state index in [2.05, 4.69) is 0 Å². The quantitative estimate of drug-likeness (QED) is 0.692. The number of methoxy groups -OCH3 is 1. The number of hydrogen-bond acceptors (Lipinski definition) is 3. The molecule has 0 saturated heterocycles. The van der Waals surface area contributed by atoms with Crippen molar-refractivity contribution in [1.82, 2.24) is 9.47 Å². The number of nitrogens with zero attached hydrogens (tertiary/aromatic N) is 2. The molecule has 3 aromatic rings. The van der Waals surface area contributed by atoms with Crippen LogP contribution in [-0.2, 0) is 16.6 Å². The first-order chi connectivity index (χ1) is 12.1. The first kappa shape index (κ1) is 15.4. The van der Waals surface area contributed by atoms with Gasteiger partial charge in [0.25, 0.3) is 5.91 Å². The first-order valence-electron chi connectivity index (χ1n) is 8.12. The Bertz CT molecular complexity index is 990. The average molecular weight is 334 g/mol. The molecule has 1 aliphatic rings. The van der Waals surface area contributed by atoms with Gasteiger partial charge in [-0.25, -0.2) is 0 Å². The lowest BCUT2D eigenvalue weighted by molar-refractivity contribution is -0.141. The van der Waals surface area contributed by atoms with E-state index >= 15 is 0 Å². The molecule has 4 rings (SSSR count). The number of esters is 1. The van der Waals surface area contributed by atoms with Gasteiger partial charge in [0.1, 0.15) is 6.54 Å². The van der Waals surface area contributed by atoms with Gasteiger partial charge in [-0.15, -0.1) is 0 Å². The number of ether oxygens (including phenoxy) is 1. The first-order valence-corrected chi connectivity index (χ1v) is 8.12. The molecule has 5 heteroatoms. The summed E-state index contributed by atoms with van der Waals surface area (Å²) < 4.78 is 6.85. The molecule has 0 unspecified atom stereocenters. The molecule has 2 heterocycles. The van der Waals surface area contributed by atoms with Crippen LogP contribution in [0.3, 0.4) is 0 Å². The van der Waals surface area contributed by atoms with Gasteiger partial charge in [-0.1, -0.05) is 36.4 Å². The van der Waals surface area contributed by atoms with Gasteiger partial charge in [-0.3, -0.25) is 9.59 Å². The van der Waals surface area contributed by atoms with Gasteiger partial charge in [0.05, 0.1) is 13.2 Å². The molecule has 0 spiro atoms. The minimum Gasteiger partial charge on any atom is -0.468 e. The second-order valence-corrected chi connectivity index (χ2v) is 6.21. The summed E-state index contributed by atoms with van der Waals surface area (Å²) in [4.78, 5) is 26.4. The summed E-state index contributed by atoms with van der Waals surface area (Å²) in [7, 11) is 3.32. The zero-order valence-corrected chi connectivity index (χ0v) is 14.1. The summed E-state index contributed by atoms with van der Waals surface area (Å²) in [5.41, 5.74) is 3.67. The zero-order valence-electron chi connectivity index (χ0n) is 14.1. The third kappa shape index (κ3) is 2.31. The number of carbonyl (C=O) groups excluding carboxylic acids is 2. The summed E-state index contributed by atoms with van der Waals surface area (Å²) in [6, 6.07) is 15.3. The van der Waals surface area contributed by atoms with E-state index in [0.29, 0.717) is 5.56 Å². The van der Waals surface area contributed by atoms with Crippen molar-refractivity contribution in [2.45, 2.75) is 6.04 Å². The Morgan fingerprint density at radius 1 is 1.08 bits per heavy atom. The van der Waals surface area contributed by atoms with Crippen LogP contribution < -0.4 is 0 Å². The predicted octanol–water partition coefficient (Wildman–Crippen LogP) is 2.90. The van der Waals surface area contributed by atoms with E-state index in [1.54, 1.807) is 4.90 Å². The SMILES string of the molecule is COC(=O)CN1C(=O)c2ccccc2[C@H]1c1cn(C)c2ccccc12. The number of rotatable bonds is 3. The van der Waals surface area contributed by atoms with Crippen molar-refractivity contribution >= 4 is 22.8 Å². The zero-order chi connectivity index (χ0) is 17.6. The number of carbonyl (C=O) groups is 2. The molecule has 25 heavy (non-hydrogen) atoms. The van der Waals surface area contributed by atoms with E-state index in [-0.39, 0.29) is 18.5 Å². The Morgan fingerprint density at radius 3 is 2.60 bits per heavy atom. The second-order valence-electron chi connectivity index (χ2n) is 6.21. The fourth-order valence-electron chi connectivity index (χ4n) is 3.66. The van der Waals surface area contributed by atoms with Gasteiger partial charge in [-0.05, 0) is 17.7 Å². The molecule has 0 N–H and O–H groups in total. The Morgan fingerprint density at radius 2 is 1.80 bits per heavy atom. The van der Waals surface area contributed by atoms with Crippen LogP contribution in [0.15, 0.2) is 54.7 Å². The van der Waals surface area contributed by atoms with Crippen molar-refractivity contribution in [1.29, 1.82) is 0 Å². The third-order valence-electron chi connectivity index (χ3n) is 4.81. The van der Waals surface area contributed by atoms with E-state index < -0.39 is 5.97 Å². The molecule has 1 amide bonds. The highest BCUT2D eigenvalue weighted by Crippen LogP contribution is 2.41. The molecular weight excluding hydrogens is 316 g/mol. The van der Waals surface area contributed by atoms with Gasteiger partial charge in [0.2, 0.25) is 0 Å². The number of para-hydroxylation sites is 1. The van der Waals surface area contributed by atoms with Crippen LogP contribution in [0, 0.1) is 0 Å². The van der Waals surface area contributed by atoms with Gasteiger partial charge in [0.15, 0.2) is 0 Å². The summed E-state index contributed by atoms with van der Waals surface area (Å²) in [5, 5.41) is 1.08. The molecule has 0 aliphatic carbocycles. The predicted molar refractivity (Wildman–Crippen MR) is 94.3 cm³/mol. The molecule has 0 saturated carbocycles. The highest BCUT2D eigenvalue weighted by molar-refractivity contribution is 6.02. The number of aromatic nitrogens is 1. The van der Waals surface area contributed by atoms with E-state index in [0.717, 1.165) is 22.0 Å². The molecule has 5 nitrogen and oxygen atoms in total. The fourth-order valence-corrected chi connectivity index (χ4v) is 3.66. The normalized spacial score (nSPS) is 16.3. The maximum Gasteiger partial charge on any atom is 0.325 e. The number of amides is 1. The minimum atomic E-state index is -0.425. The van der Waals surface area contributed by atoms with Crippen LogP contribution >= 0.6 is 0 Å². The van der Waals surface area contributed by atoms with Crippen molar-refractivity contribution < 1.29 is 14.3 Å². The molecule has 1 aliphatic heterocycles. The largest absolute Gasteiger partial charge is 0.468 e. The van der Waals surface area contributed by atoms with Gasteiger partial charge >= 0.3 is 5.97 Å². The van der Waals surface area contributed by atoms with Gasteiger partial charge < -0.3 is 14.2 Å². The number of benzene rings is 2. The molecule has 2 aromatic carbocycles. The van der Waals surface area contributed by atoms with Crippen LogP contribution in [0.1, 0.15) is 27.5 Å². The number of hydrogen-bond donors (Lipinski definition) is 0. The van der Waals surface area contributed by atoms with Gasteiger partial charge in [0, 0.05) is 35.3 Å². The number of fused-ring (bicyclic) bond motifs is 2. The van der Waals surface area contributed by atoms with Crippen LogP contribution in [0.4, 0.5) is 0 Å². The molecular formula is C20H18N2O3. The Hall–Kier alpha value is -3.08. The fraction of sp³-hybridized carbons (Fsp3) is 0.200. The van der Waals surface area contributed by atoms with Crippen LogP contribution in [0.5, 0.6) is 0 Å². The monoisotopic (exact) mass is 334 g/mol. The summed E-state index contributed by atoms with van der Waals surface area (Å²) in [5.74, 6) is -0.565. The lowest BCUT2D eigenvalue weighted by Gasteiger charge is -2.24. The highest BCUT2D eigenvalue weighted by Gasteiger charge is 2.39. The molecule has 0 bridgehead atoms. The standard InChI is InChI=1S/C20H18N2O3/c1-21-11-16(13-7-5-6-10-17(13)21)19-14-8-3-4-9-15(14)20(24)22(19)12-18(23)25-2/h3-11,19H,12H2,1-2H3/t19-/m0/s1. The topological polar surface area (TPSA) is 51.5 Å². The van der Waals surface area contributed by atoms with E-state index in [1.807, 2.05) is 66.3 Å². The maximum absolute atomic E-state index is 12.9. The second kappa shape index (κ2) is 5.77. The van der Waals surface area contributed by atoms with E-state index in [1.165, 1.54) is 7.11 Å². The molecule has 1 aromatic heterocycles. The van der Waals surface area contributed by atoms with Crippen molar-refractivity contribution in [2.75, 3.05) is 13.7 Å². The number of aryl methyl sites for hydroxylation is 1. The van der Waals surface area contributed by atoms with Crippen LogP contribution in [-0.4, -0.2) is 35.0 Å². The molecule has 126 valence electrons.